The van der Waals surface area contributed by atoms with Gasteiger partial charge in [-0.2, -0.15) is 0 Å². The first kappa shape index (κ1) is 15.0. The van der Waals surface area contributed by atoms with Crippen LogP contribution in [0, 0.1) is 0 Å². The Morgan fingerprint density at radius 2 is 2.00 bits per heavy atom. The minimum atomic E-state index is -0.0552. The fourth-order valence-corrected chi connectivity index (χ4v) is 1.71. The van der Waals surface area contributed by atoms with Gasteiger partial charge in [0.1, 0.15) is 0 Å². The predicted molar refractivity (Wildman–Crippen MR) is 77.2 cm³/mol. The number of anilines is 2. The molecule has 19 heavy (non-hydrogen) atoms. The number of hydrogen-bond donors (Lipinski definition) is 3. The topological polar surface area (TPSA) is 84.2 Å². The second-order valence-electron chi connectivity index (χ2n) is 4.76. The van der Waals surface area contributed by atoms with Crippen LogP contribution in [-0.2, 0) is 4.79 Å². The van der Waals surface area contributed by atoms with E-state index in [1.165, 1.54) is 6.92 Å². The van der Waals surface area contributed by atoms with Gasteiger partial charge >= 0.3 is 0 Å². The highest BCUT2D eigenvalue weighted by atomic mass is 16.1. The fraction of sp³-hybridized carbons (Fsp3) is 0.429. The average molecular weight is 263 g/mol. The van der Waals surface area contributed by atoms with Crippen molar-refractivity contribution in [2.45, 2.75) is 33.2 Å². The number of nitrogens with two attached hydrogens (primary N) is 1. The third kappa shape index (κ3) is 4.99. The molecule has 1 amide bonds. The molecule has 0 aromatic heterocycles. The van der Waals surface area contributed by atoms with Gasteiger partial charge in [-0.15, -0.1) is 0 Å². The molecule has 104 valence electrons. The van der Waals surface area contributed by atoms with Crippen LogP contribution in [0.2, 0.25) is 0 Å². The normalized spacial score (nSPS) is 10.3. The van der Waals surface area contributed by atoms with Crippen molar-refractivity contribution < 1.29 is 9.59 Å². The first-order chi connectivity index (χ1) is 8.90. The lowest BCUT2D eigenvalue weighted by molar-refractivity contribution is -0.121. The summed E-state index contributed by atoms with van der Waals surface area (Å²) in [5.41, 5.74) is 7.55. The highest BCUT2D eigenvalue weighted by Gasteiger charge is 2.06. The van der Waals surface area contributed by atoms with Gasteiger partial charge in [0.05, 0.1) is 0 Å². The molecular weight excluding hydrogens is 242 g/mol. The second-order valence-corrected chi connectivity index (χ2v) is 4.76. The van der Waals surface area contributed by atoms with Gasteiger partial charge in [0, 0.05) is 35.9 Å². The quantitative estimate of drug-likeness (QED) is 0.539. The van der Waals surface area contributed by atoms with Crippen molar-refractivity contribution in [3.8, 4) is 0 Å². The minimum absolute atomic E-state index is 0.0100. The summed E-state index contributed by atoms with van der Waals surface area (Å²) < 4.78 is 0. The monoisotopic (exact) mass is 263 g/mol. The van der Waals surface area contributed by atoms with E-state index in [0.29, 0.717) is 24.2 Å². The summed E-state index contributed by atoms with van der Waals surface area (Å²) in [6.45, 7) is 5.85. The molecule has 0 bridgehead atoms. The Morgan fingerprint density at radius 1 is 1.32 bits per heavy atom. The average Bonchev–Trinajstić information content (AvgIpc) is 2.27. The summed E-state index contributed by atoms with van der Waals surface area (Å²) >= 11 is 0. The van der Waals surface area contributed by atoms with Crippen LogP contribution in [0.1, 0.15) is 37.6 Å². The van der Waals surface area contributed by atoms with Crippen LogP contribution in [0.25, 0.3) is 0 Å². The van der Waals surface area contributed by atoms with Gasteiger partial charge in [-0.1, -0.05) is 0 Å². The zero-order chi connectivity index (χ0) is 14.4. The van der Waals surface area contributed by atoms with E-state index in [9.17, 15) is 9.59 Å². The number of carbonyl (C=O) groups excluding carboxylic acids is 2. The number of amides is 1. The van der Waals surface area contributed by atoms with Crippen molar-refractivity contribution in [3.63, 3.8) is 0 Å². The standard InChI is InChI=1S/C14H21N3O2/c1-9(2)17-14(19)6-7-16-11-4-5-12(10(3)18)13(15)8-11/h4-5,8-9,16H,6-7,15H2,1-3H3,(H,17,19). The molecule has 0 heterocycles. The van der Waals surface area contributed by atoms with Crippen LogP contribution in [0.15, 0.2) is 18.2 Å². The summed E-state index contributed by atoms with van der Waals surface area (Å²) in [5.74, 6) is -0.0452. The molecule has 0 spiro atoms. The highest BCUT2D eigenvalue weighted by molar-refractivity contribution is 5.99. The smallest absolute Gasteiger partial charge is 0.221 e. The second kappa shape index (κ2) is 6.78. The van der Waals surface area contributed by atoms with Crippen molar-refractivity contribution in [1.29, 1.82) is 0 Å². The van der Waals surface area contributed by atoms with Crippen LogP contribution < -0.4 is 16.4 Å². The van der Waals surface area contributed by atoms with Gasteiger partial charge in [0.25, 0.3) is 0 Å². The van der Waals surface area contributed by atoms with Crippen molar-refractivity contribution in [1.82, 2.24) is 5.32 Å². The Hall–Kier alpha value is -2.04. The van der Waals surface area contributed by atoms with Crippen LogP contribution in [0.5, 0.6) is 0 Å². The molecule has 0 saturated heterocycles. The number of nitrogen functional groups attached to an aromatic ring is 1. The Morgan fingerprint density at radius 3 is 2.53 bits per heavy atom. The Kier molecular flexibility index (Phi) is 5.36. The van der Waals surface area contributed by atoms with Crippen LogP contribution in [0.3, 0.4) is 0 Å². The first-order valence-corrected chi connectivity index (χ1v) is 6.34. The van der Waals surface area contributed by atoms with Crippen molar-refractivity contribution in [3.05, 3.63) is 23.8 Å². The molecule has 0 atom stereocenters. The molecule has 0 radical (unpaired) electrons. The van der Waals surface area contributed by atoms with Crippen LogP contribution in [-0.4, -0.2) is 24.3 Å². The maximum absolute atomic E-state index is 11.4. The molecule has 1 aromatic carbocycles. The van der Waals surface area contributed by atoms with Gasteiger partial charge in [0.2, 0.25) is 5.91 Å². The molecule has 0 aliphatic rings. The minimum Gasteiger partial charge on any atom is -0.398 e. The van der Waals surface area contributed by atoms with Gasteiger partial charge in [0.15, 0.2) is 5.78 Å². The largest absolute Gasteiger partial charge is 0.398 e. The van der Waals surface area contributed by atoms with Crippen LogP contribution in [0.4, 0.5) is 11.4 Å². The van der Waals surface area contributed by atoms with Crippen LogP contribution >= 0.6 is 0 Å². The fourth-order valence-electron chi connectivity index (χ4n) is 1.71. The SMILES string of the molecule is CC(=O)c1ccc(NCCC(=O)NC(C)C)cc1N. The van der Waals surface area contributed by atoms with E-state index in [0.717, 1.165) is 5.69 Å². The molecule has 0 aliphatic carbocycles. The van der Waals surface area contributed by atoms with Gasteiger partial charge < -0.3 is 16.4 Å². The molecule has 5 nitrogen and oxygen atoms in total. The number of nitrogens with one attached hydrogen (secondary N) is 2. The van der Waals surface area contributed by atoms with Gasteiger partial charge in [-0.05, 0) is 39.0 Å². The maximum Gasteiger partial charge on any atom is 0.221 e. The number of benzene rings is 1. The number of ketones is 1. The van der Waals surface area contributed by atoms with Crippen molar-refractivity contribution in [2.75, 3.05) is 17.6 Å². The molecule has 0 saturated carbocycles. The molecule has 0 aliphatic heterocycles. The van der Waals surface area contributed by atoms with E-state index in [1.54, 1.807) is 18.2 Å². The maximum atomic E-state index is 11.4. The lowest BCUT2D eigenvalue weighted by Gasteiger charge is -2.10. The summed E-state index contributed by atoms with van der Waals surface area (Å²) in [4.78, 5) is 22.7. The Labute approximate surface area is 113 Å². The molecular formula is C14H21N3O2. The first-order valence-electron chi connectivity index (χ1n) is 6.34. The molecule has 1 aromatic rings. The molecule has 0 unspecified atom stereocenters. The van der Waals surface area contributed by atoms with E-state index >= 15 is 0 Å². The van der Waals surface area contributed by atoms with E-state index in [-0.39, 0.29) is 17.7 Å². The summed E-state index contributed by atoms with van der Waals surface area (Å²) in [6, 6.07) is 5.33. The Balaban J connectivity index is 2.48. The molecule has 1 rings (SSSR count). The number of carbonyl (C=O) groups is 2. The van der Waals surface area contributed by atoms with Crippen molar-refractivity contribution >= 4 is 23.1 Å². The van der Waals surface area contributed by atoms with E-state index in [4.69, 9.17) is 5.73 Å². The number of hydrogen-bond acceptors (Lipinski definition) is 4. The predicted octanol–water partition coefficient (Wildman–Crippen LogP) is 1.80. The third-order valence-corrected chi connectivity index (χ3v) is 2.56. The zero-order valence-electron chi connectivity index (χ0n) is 11.6. The molecule has 5 heteroatoms. The number of rotatable bonds is 6. The van der Waals surface area contributed by atoms with Crippen molar-refractivity contribution in [2.24, 2.45) is 0 Å². The zero-order valence-corrected chi connectivity index (χ0v) is 11.6. The summed E-state index contributed by atoms with van der Waals surface area (Å²) in [7, 11) is 0. The Bertz CT molecular complexity index is 470. The van der Waals surface area contributed by atoms with Gasteiger partial charge in [-0.25, -0.2) is 0 Å². The van der Waals surface area contributed by atoms with Gasteiger partial charge in [-0.3, -0.25) is 9.59 Å². The summed E-state index contributed by atoms with van der Waals surface area (Å²) in [5, 5.41) is 5.92. The van der Waals surface area contributed by atoms with E-state index in [2.05, 4.69) is 10.6 Å². The van der Waals surface area contributed by atoms with E-state index < -0.39 is 0 Å². The number of Topliss-reactive ketones (excluding diaryl/α,β-unsaturated/α-hetero) is 1. The lowest BCUT2D eigenvalue weighted by atomic mass is 10.1. The van der Waals surface area contributed by atoms with E-state index in [1.807, 2.05) is 13.8 Å². The molecule has 4 N–H and O–H groups in total. The molecule has 0 fully saturated rings. The highest BCUT2D eigenvalue weighted by Crippen LogP contribution is 2.18. The third-order valence-electron chi connectivity index (χ3n) is 2.56. The summed E-state index contributed by atoms with van der Waals surface area (Å²) in [6.07, 6.45) is 0.395. The lowest BCUT2D eigenvalue weighted by Crippen LogP contribution is -2.31.